The zero-order chi connectivity index (χ0) is 12.1. The predicted octanol–water partition coefficient (Wildman–Crippen LogP) is 1.86. The third-order valence-electron chi connectivity index (χ3n) is 3.77. The van der Waals surface area contributed by atoms with Crippen molar-refractivity contribution in [3.8, 4) is 0 Å². The Hall–Kier alpha value is -0.120. The fourth-order valence-electron chi connectivity index (χ4n) is 2.14. The lowest BCUT2D eigenvalue weighted by atomic mass is 9.87. The van der Waals surface area contributed by atoms with Crippen LogP contribution in [0.15, 0.2) is 0 Å². The van der Waals surface area contributed by atoms with Crippen molar-refractivity contribution in [3.63, 3.8) is 0 Å². The number of ether oxygens (including phenoxy) is 1. The maximum Gasteiger partial charge on any atom is 0.0604 e. The first-order valence-corrected chi connectivity index (χ1v) is 6.62. The van der Waals surface area contributed by atoms with Crippen LogP contribution in [-0.2, 0) is 4.74 Å². The Labute approximate surface area is 100 Å². The molecule has 3 heteroatoms. The highest BCUT2D eigenvalue weighted by atomic mass is 16.5. The van der Waals surface area contributed by atoms with Crippen molar-refractivity contribution in [2.45, 2.75) is 58.2 Å². The van der Waals surface area contributed by atoms with Crippen LogP contribution in [0.2, 0.25) is 0 Å². The molecule has 0 aromatic heterocycles. The normalized spacial score (nSPS) is 27.2. The summed E-state index contributed by atoms with van der Waals surface area (Å²) in [6, 6.07) is 1.06. The number of hydrogen-bond donors (Lipinski definition) is 1. The summed E-state index contributed by atoms with van der Waals surface area (Å²) < 4.78 is 5.57. The first-order chi connectivity index (χ1) is 7.54. The van der Waals surface area contributed by atoms with Gasteiger partial charge in [-0.15, -0.1) is 0 Å². The van der Waals surface area contributed by atoms with Crippen LogP contribution >= 0.6 is 0 Å². The summed E-state index contributed by atoms with van der Waals surface area (Å²) in [6.45, 7) is 8.42. The van der Waals surface area contributed by atoms with Crippen LogP contribution in [0.1, 0.15) is 40.0 Å². The maximum atomic E-state index is 6.05. The summed E-state index contributed by atoms with van der Waals surface area (Å²) in [5, 5.41) is 0. The summed E-state index contributed by atoms with van der Waals surface area (Å²) in [5.41, 5.74) is 6.05. The van der Waals surface area contributed by atoms with Crippen molar-refractivity contribution >= 4 is 0 Å². The monoisotopic (exact) mass is 228 g/mol. The highest BCUT2D eigenvalue weighted by Crippen LogP contribution is 2.27. The first-order valence-electron chi connectivity index (χ1n) is 6.62. The van der Waals surface area contributed by atoms with E-state index in [-0.39, 0.29) is 0 Å². The van der Waals surface area contributed by atoms with Crippen molar-refractivity contribution < 1.29 is 4.74 Å². The molecule has 1 unspecified atom stereocenters. The largest absolute Gasteiger partial charge is 0.378 e. The van der Waals surface area contributed by atoms with Crippen molar-refractivity contribution in [2.75, 3.05) is 20.2 Å². The summed E-state index contributed by atoms with van der Waals surface area (Å²) in [4.78, 5) is 2.44. The van der Waals surface area contributed by atoms with E-state index in [9.17, 15) is 0 Å². The standard InChI is InChI=1S/C13H28N2O/c1-5-16-12-8-11(9-12)15(4)7-6-13(14)10(2)3/h10-13H,5-9,14H2,1-4H3. The molecule has 1 aliphatic rings. The van der Waals surface area contributed by atoms with Gasteiger partial charge in [-0.1, -0.05) is 13.8 Å². The molecule has 0 saturated heterocycles. The number of hydrogen-bond acceptors (Lipinski definition) is 3. The fraction of sp³-hybridized carbons (Fsp3) is 1.00. The van der Waals surface area contributed by atoms with E-state index in [0.29, 0.717) is 18.1 Å². The number of rotatable bonds is 7. The van der Waals surface area contributed by atoms with Crippen molar-refractivity contribution in [2.24, 2.45) is 11.7 Å². The van der Waals surface area contributed by atoms with Crippen molar-refractivity contribution in [1.82, 2.24) is 4.90 Å². The molecule has 16 heavy (non-hydrogen) atoms. The highest BCUT2D eigenvalue weighted by Gasteiger charge is 2.32. The van der Waals surface area contributed by atoms with Crippen LogP contribution in [0.5, 0.6) is 0 Å². The Bertz CT molecular complexity index is 190. The van der Waals surface area contributed by atoms with Gasteiger partial charge in [-0.2, -0.15) is 0 Å². The zero-order valence-corrected chi connectivity index (χ0v) is 11.3. The quantitative estimate of drug-likeness (QED) is 0.723. The molecular formula is C13H28N2O. The second-order valence-corrected chi connectivity index (χ2v) is 5.38. The maximum absolute atomic E-state index is 6.05. The molecule has 0 spiro atoms. The Morgan fingerprint density at radius 3 is 2.50 bits per heavy atom. The van der Waals surface area contributed by atoms with E-state index in [1.165, 1.54) is 12.8 Å². The molecule has 1 atom stereocenters. The van der Waals surface area contributed by atoms with E-state index in [4.69, 9.17) is 10.5 Å². The molecule has 0 aliphatic heterocycles. The minimum atomic E-state index is 0.338. The van der Waals surface area contributed by atoms with Gasteiger partial charge in [0, 0.05) is 18.7 Å². The van der Waals surface area contributed by atoms with Crippen molar-refractivity contribution in [1.29, 1.82) is 0 Å². The smallest absolute Gasteiger partial charge is 0.0604 e. The topological polar surface area (TPSA) is 38.5 Å². The second-order valence-electron chi connectivity index (χ2n) is 5.38. The molecule has 2 N–H and O–H groups in total. The van der Waals surface area contributed by atoms with Gasteiger partial charge < -0.3 is 15.4 Å². The van der Waals surface area contributed by atoms with Crippen LogP contribution < -0.4 is 5.73 Å². The lowest BCUT2D eigenvalue weighted by molar-refractivity contribution is -0.0406. The third kappa shape index (κ3) is 4.04. The van der Waals surface area contributed by atoms with Crippen LogP contribution in [0.25, 0.3) is 0 Å². The number of nitrogens with two attached hydrogens (primary N) is 1. The Kier molecular flexibility index (Phi) is 5.73. The van der Waals surface area contributed by atoms with E-state index < -0.39 is 0 Å². The van der Waals surface area contributed by atoms with E-state index in [0.717, 1.165) is 25.6 Å². The Morgan fingerprint density at radius 2 is 2.00 bits per heavy atom. The van der Waals surface area contributed by atoms with E-state index in [1.807, 2.05) is 0 Å². The van der Waals surface area contributed by atoms with E-state index >= 15 is 0 Å². The molecule has 1 aliphatic carbocycles. The van der Waals surface area contributed by atoms with E-state index in [1.54, 1.807) is 0 Å². The highest BCUT2D eigenvalue weighted by molar-refractivity contribution is 4.87. The Balaban J connectivity index is 2.10. The van der Waals surface area contributed by atoms with Crippen LogP contribution in [0.4, 0.5) is 0 Å². The average molecular weight is 228 g/mol. The Morgan fingerprint density at radius 1 is 1.38 bits per heavy atom. The van der Waals surface area contributed by atoms with Gasteiger partial charge in [0.05, 0.1) is 6.10 Å². The molecule has 0 bridgehead atoms. The fourth-order valence-corrected chi connectivity index (χ4v) is 2.14. The molecule has 0 amide bonds. The van der Waals surface area contributed by atoms with Gasteiger partial charge in [0.2, 0.25) is 0 Å². The summed E-state index contributed by atoms with van der Waals surface area (Å²) in [5.74, 6) is 0.589. The van der Waals surface area contributed by atoms with Gasteiger partial charge >= 0.3 is 0 Å². The van der Waals surface area contributed by atoms with E-state index in [2.05, 4.69) is 32.7 Å². The molecule has 1 fully saturated rings. The van der Waals surface area contributed by atoms with Crippen LogP contribution in [-0.4, -0.2) is 43.3 Å². The second kappa shape index (κ2) is 6.58. The molecular weight excluding hydrogens is 200 g/mol. The average Bonchev–Trinajstić information content (AvgIpc) is 2.18. The summed E-state index contributed by atoms with van der Waals surface area (Å²) >= 11 is 0. The minimum Gasteiger partial charge on any atom is -0.378 e. The third-order valence-corrected chi connectivity index (χ3v) is 3.77. The van der Waals surface area contributed by atoms with Gasteiger partial charge in [0.25, 0.3) is 0 Å². The first kappa shape index (κ1) is 13.9. The SMILES string of the molecule is CCOC1CC(N(C)CCC(N)C(C)C)C1. The lowest BCUT2D eigenvalue weighted by Gasteiger charge is -2.41. The molecule has 0 heterocycles. The van der Waals surface area contributed by atoms with Crippen LogP contribution in [0.3, 0.4) is 0 Å². The minimum absolute atomic E-state index is 0.338. The summed E-state index contributed by atoms with van der Waals surface area (Å²) in [7, 11) is 2.21. The molecule has 3 nitrogen and oxygen atoms in total. The molecule has 96 valence electrons. The van der Waals surface area contributed by atoms with Gasteiger partial charge in [0.1, 0.15) is 0 Å². The molecule has 1 rings (SSSR count). The lowest BCUT2D eigenvalue weighted by Crippen LogP contribution is -2.47. The molecule has 0 radical (unpaired) electrons. The zero-order valence-electron chi connectivity index (χ0n) is 11.3. The predicted molar refractivity (Wildman–Crippen MR) is 68.5 cm³/mol. The van der Waals surface area contributed by atoms with Gasteiger partial charge in [0.15, 0.2) is 0 Å². The van der Waals surface area contributed by atoms with Gasteiger partial charge in [-0.3, -0.25) is 0 Å². The van der Waals surface area contributed by atoms with Gasteiger partial charge in [-0.25, -0.2) is 0 Å². The number of nitrogens with zero attached hydrogens (tertiary/aromatic N) is 1. The van der Waals surface area contributed by atoms with Crippen molar-refractivity contribution in [3.05, 3.63) is 0 Å². The van der Waals surface area contributed by atoms with Gasteiger partial charge in [-0.05, 0) is 45.7 Å². The molecule has 0 aromatic carbocycles. The molecule has 0 aromatic rings. The van der Waals surface area contributed by atoms with Crippen LogP contribution in [0, 0.1) is 5.92 Å². The summed E-state index contributed by atoms with van der Waals surface area (Å²) in [6.07, 6.45) is 4.00. The molecule has 1 saturated carbocycles.